The van der Waals surface area contributed by atoms with Gasteiger partial charge in [-0.2, -0.15) is 5.10 Å². The molecular weight excluding hydrogens is 346 g/mol. The Labute approximate surface area is 157 Å². The molecule has 2 aromatic rings. The second kappa shape index (κ2) is 7.64. The number of rotatable bonds is 5. The summed E-state index contributed by atoms with van der Waals surface area (Å²) in [5, 5.41) is 8.75. The average Bonchev–Trinajstić information content (AvgIpc) is 3.41. The van der Waals surface area contributed by atoms with E-state index in [9.17, 15) is 9.59 Å². The zero-order valence-electron chi connectivity index (χ0n) is 15.6. The third-order valence-electron chi connectivity index (χ3n) is 5.40. The molecule has 0 spiro atoms. The highest BCUT2D eigenvalue weighted by molar-refractivity contribution is 5.81. The van der Waals surface area contributed by atoms with Gasteiger partial charge >= 0.3 is 0 Å². The normalized spacial score (nSPS) is 22.5. The van der Waals surface area contributed by atoms with E-state index in [1.807, 2.05) is 21.7 Å². The van der Waals surface area contributed by atoms with E-state index in [0.29, 0.717) is 26.2 Å². The molecule has 0 bridgehead atoms. The Morgan fingerprint density at radius 2 is 2.26 bits per heavy atom. The molecule has 0 saturated carbocycles. The molecule has 4 heterocycles. The van der Waals surface area contributed by atoms with E-state index in [-0.39, 0.29) is 23.8 Å². The predicted molar refractivity (Wildman–Crippen MR) is 99.1 cm³/mol. The van der Waals surface area contributed by atoms with E-state index in [1.165, 1.54) is 0 Å². The van der Waals surface area contributed by atoms with Crippen LogP contribution in [0.4, 0.5) is 0 Å². The van der Waals surface area contributed by atoms with Crippen LogP contribution >= 0.6 is 0 Å². The first-order valence-corrected chi connectivity index (χ1v) is 9.59. The molecule has 8 nitrogen and oxygen atoms in total. The second-order valence-electron chi connectivity index (χ2n) is 7.23. The summed E-state index contributed by atoms with van der Waals surface area (Å²) in [7, 11) is 0. The van der Waals surface area contributed by atoms with Crippen LogP contribution in [0.2, 0.25) is 0 Å². The molecule has 4 rings (SSSR count). The molecule has 2 fully saturated rings. The first kappa shape index (κ1) is 17.9. The van der Waals surface area contributed by atoms with Crippen LogP contribution in [0.5, 0.6) is 0 Å². The van der Waals surface area contributed by atoms with Crippen LogP contribution in [-0.4, -0.2) is 63.8 Å². The standard InChI is InChI=1S/C19H25N5O3/c1-13(25)23-9-6-14(12-23)17-15-4-2-7-20-18(15)24(22-17)10-8-21-19(26)16-5-3-11-27-16/h2,4,7,14,16H,3,5-6,8-12H2,1H3,(H,21,26)/t14-,16-/m1/s1. The Balaban J connectivity index is 1.47. The number of nitrogens with one attached hydrogen (secondary N) is 1. The van der Waals surface area contributed by atoms with Gasteiger partial charge in [0, 0.05) is 50.7 Å². The molecule has 0 radical (unpaired) electrons. The molecular formula is C19H25N5O3. The maximum absolute atomic E-state index is 12.1. The zero-order chi connectivity index (χ0) is 18.8. The van der Waals surface area contributed by atoms with Crippen LogP contribution in [0.3, 0.4) is 0 Å². The summed E-state index contributed by atoms with van der Waals surface area (Å²) in [4.78, 5) is 30.1. The van der Waals surface area contributed by atoms with Crippen molar-refractivity contribution >= 4 is 22.8 Å². The average molecular weight is 371 g/mol. The van der Waals surface area contributed by atoms with Gasteiger partial charge in [-0.05, 0) is 31.4 Å². The first-order valence-electron chi connectivity index (χ1n) is 9.59. The Morgan fingerprint density at radius 3 is 3.00 bits per heavy atom. The largest absolute Gasteiger partial charge is 0.368 e. The maximum atomic E-state index is 12.1. The van der Waals surface area contributed by atoms with Gasteiger partial charge in [-0.15, -0.1) is 0 Å². The number of carbonyl (C=O) groups excluding carboxylic acids is 2. The second-order valence-corrected chi connectivity index (χ2v) is 7.23. The number of amides is 2. The highest BCUT2D eigenvalue weighted by Crippen LogP contribution is 2.31. The van der Waals surface area contributed by atoms with Gasteiger partial charge in [-0.1, -0.05) is 0 Å². The molecule has 0 aliphatic carbocycles. The summed E-state index contributed by atoms with van der Waals surface area (Å²) in [6.07, 6.45) is 4.08. The van der Waals surface area contributed by atoms with Crippen molar-refractivity contribution < 1.29 is 14.3 Å². The highest BCUT2D eigenvalue weighted by atomic mass is 16.5. The molecule has 2 amide bonds. The summed E-state index contributed by atoms with van der Waals surface area (Å²) in [5.41, 5.74) is 1.81. The van der Waals surface area contributed by atoms with Crippen molar-refractivity contribution in [2.75, 3.05) is 26.2 Å². The molecule has 2 aromatic heterocycles. The molecule has 144 valence electrons. The van der Waals surface area contributed by atoms with Gasteiger partial charge in [0.25, 0.3) is 0 Å². The lowest BCUT2D eigenvalue weighted by Crippen LogP contribution is -2.36. The third kappa shape index (κ3) is 3.66. The number of aromatic nitrogens is 3. The smallest absolute Gasteiger partial charge is 0.249 e. The molecule has 2 aliphatic heterocycles. The minimum Gasteiger partial charge on any atom is -0.368 e. The third-order valence-corrected chi connectivity index (χ3v) is 5.40. The summed E-state index contributed by atoms with van der Waals surface area (Å²) >= 11 is 0. The lowest BCUT2D eigenvalue weighted by molar-refractivity contribution is -0.130. The summed E-state index contributed by atoms with van der Waals surface area (Å²) in [6.45, 7) is 4.77. The minimum atomic E-state index is -0.316. The van der Waals surface area contributed by atoms with Gasteiger partial charge in [0.15, 0.2) is 5.65 Å². The van der Waals surface area contributed by atoms with Crippen LogP contribution in [0.25, 0.3) is 11.0 Å². The van der Waals surface area contributed by atoms with Crippen LogP contribution < -0.4 is 5.32 Å². The fraction of sp³-hybridized carbons (Fsp3) is 0.579. The number of carbonyl (C=O) groups is 2. The van der Waals surface area contributed by atoms with Crippen LogP contribution in [-0.2, 0) is 20.9 Å². The molecule has 2 atom stereocenters. The molecule has 2 aliphatic rings. The van der Waals surface area contributed by atoms with E-state index in [2.05, 4.69) is 10.3 Å². The van der Waals surface area contributed by atoms with Crippen LogP contribution in [0.1, 0.15) is 37.8 Å². The van der Waals surface area contributed by atoms with Gasteiger partial charge in [0.1, 0.15) is 6.10 Å². The van der Waals surface area contributed by atoms with Gasteiger partial charge in [0.05, 0.1) is 12.2 Å². The number of ether oxygens (including phenoxy) is 1. The fourth-order valence-electron chi connectivity index (χ4n) is 3.94. The van der Waals surface area contributed by atoms with Crippen molar-refractivity contribution in [1.29, 1.82) is 0 Å². The maximum Gasteiger partial charge on any atom is 0.249 e. The minimum absolute atomic E-state index is 0.0509. The highest BCUT2D eigenvalue weighted by Gasteiger charge is 2.29. The summed E-state index contributed by atoms with van der Waals surface area (Å²) in [5.74, 6) is 0.282. The zero-order valence-corrected chi connectivity index (χ0v) is 15.6. The van der Waals surface area contributed by atoms with E-state index in [4.69, 9.17) is 9.84 Å². The van der Waals surface area contributed by atoms with Crippen molar-refractivity contribution in [2.24, 2.45) is 0 Å². The van der Waals surface area contributed by atoms with Gasteiger partial charge in [-0.3, -0.25) is 9.59 Å². The number of hydrogen-bond acceptors (Lipinski definition) is 5. The van der Waals surface area contributed by atoms with E-state index < -0.39 is 0 Å². The Morgan fingerprint density at radius 1 is 1.37 bits per heavy atom. The predicted octanol–water partition coefficient (Wildman–Crippen LogP) is 1.06. The molecule has 8 heteroatoms. The molecule has 0 unspecified atom stereocenters. The number of pyridine rings is 1. The number of likely N-dealkylation sites (tertiary alicyclic amines) is 1. The fourth-order valence-corrected chi connectivity index (χ4v) is 3.94. The summed E-state index contributed by atoms with van der Waals surface area (Å²) < 4.78 is 7.27. The van der Waals surface area contributed by atoms with E-state index >= 15 is 0 Å². The Hall–Kier alpha value is -2.48. The van der Waals surface area contributed by atoms with Crippen molar-refractivity contribution in [1.82, 2.24) is 25.0 Å². The van der Waals surface area contributed by atoms with Crippen molar-refractivity contribution in [3.63, 3.8) is 0 Å². The van der Waals surface area contributed by atoms with Crippen molar-refractivity contribution in [3.8, 4) is 0 Å². The van der Waals surface area contributed by atoms with Crippen LogP contribution in [0.15, 0.2) is 18.3 Å². The number of hydrogen-bond donors (Lipinski definition) is 1. The Bertz CT molecular complexity index is 843. The molecule has 2 saturated heterocycles. The van der Waals surface area contributed by atoms with Gasteiger partial charge in [0.2, 0.25) is 11.8 Å². The molecule has 27 heavy (non-hydrogen) atoms. The van der Waals surface area contributed by atoms with Gasteiger partial charge < -0.3 is 15.0 Å². The van der Waals surface area contributed by atoms with Crippen molar-refractivity contribution in [2.45, 2.75) is 44.8 Å². The number of fused-ring (bicyclic) bond motifs is 1. The quantitative estimate of drug-likeness (QED) is 0.849. The Kier molecular flexibility index (Phi) is 5.07. The topological polar surface area (TPSA) is 89.4 Å². The number of nitrogens with zero attached hydrogens (tertiary/aromatic N) is 4. The van der Waals surface area contributed by atoms with E-state index in [1.54, 1.807) is 13.1 Å². The SMILES string of the molecule is CC(=O)N1CC[C@@H](c2nn(CCNC(=O)[C@H]3CCCO3)c3ncccc23)C1. The van der Waals surface area contributed by atoms with Gasteiger partial charge in [-0.25, -0.2) is 9.67 Å². The lowest BCUT2D eigenvalue weighted by atomic mass is 10.0. The monoisotopic (exact) mass is 371 g/mol. The van der Waals surface area contributed by atoms with Crippen molar-refractivity contribution in [3.05, 3.63) is 24.0 Å². The molecule has 1 N–H and O–H groups in total. The lowest BCUT2D eigenvalue weighted by Gasteiger charge is -2.13. The van der Waals surface area contributed by atoms with E-state index in [0.717, 1.165) is 42.5 Å². The first-order chi connectivity index (χ1) is 13.1. The molecule has 0 aromatic carbocycles. The summed E-state index contributed by atoms with van der Waals surface area (Å²) in [6, 6.07) is 3.94. The van der Waals surface area contributed by atoms with Crippen LogP contribution in [0, 0.1) is 0 Å².